The Kier molecular flexibility index (Phi) is 6.30. The predicted octanol–water partition coefficient (Wildman–Crippen LogP) is 5.29. The second-order valence-electron chi connectivity index (χ2n) is 5.75. The quantitative estimate of drug-likeness (QED) is 0.511. The van der Waals surface area contributed by atoms with Gasteiger partial charge in [0.15, 0.2) is 11.5 Å². The third kappa shape index (κ3) is 4.16. The molecule has 0 radical (unpaired) electrons. The number of rotatable bonds is 7. The van der Waals surface area contributed by atoms with Crippen LogP contribution in [0.25, 0.3) is 22.9 Å². The molecule has 0 bridgehead atoms. The zero-order chi connectivity index (χ0) is 19.9. The van der Waals surface area contributed by atoms with Crippen molar-refractivity contribution in [3.8, 4) is 34.6 Å². The maximum atomic E-state index is 9.66. The summed E-state index contributed by atoms with van der Waals surface area (Å²) >= 11 is 1.42. The lowest BCUT2D eigenvalue weighted by Crippen LogP contribution is -1.93. The highest BCUT2D eigenvalue weighted by Gasteiger charge is 2.12. The van der Waals surface area contributed by atoms with Gasteiger partial charge in [-0.25, -0.2) is 4.98 Å². The number of hydrogen-bond acceptors (Lipinski definition) is 6. The largest absolute Gasteiger partial charge is 0.493 e. The zero-order valence-electron chi connectivity index (χ0n) is 15.9. The Bertz CT molecular complexity index is 1030. The van der Waals surface area contributed by atoms with Crippen molar-refractivity contribution < 1.29 is 14.2 Å². The molecule has 1 aromatic heterocycles. The lowest BCUT2D eigenvalue weighted by Gasteiger charge is -2.08. The molecule has 0 fully saturated rings. The summed E-state index contributed by atoms with van der Waals surface area (Å²) in [6.45, 7) is 2.50. The van der Waals surface area contributed by atoms with Crippen molar-refractivity contribution in [1.82, 2.24) is 4.98 Å². The van der Waals surface area contributed by atoms with Crippen LogP contribution >= 0.6 is 11.3 Å². The molecular formula is C22H20N2O3S. The van der Waals surface area contributed by atoms with Gasteiger partial charge in [0.05, 0.1) is 32.1 Å². The first-order valence-electron chi connectivity index (χ1n) is 8.72. The van der Waals surface area contributed by atoms with Crippen LogP contribution in [0.4, 0.5) is 0 Å². The number of hydrogen-bond donors (Lipinski definition) is 0. The molecule has 0 atom stereocenters. The van der Waals surface area contributed by atoms with E-state index in [2.05, 4.69) is 11.1 Å². The van der Waals surface area contributed by atoms with E-state index in [-0.39, 0.29) is 0 Å². The van der Waals surface area contributed by atoms with Crippen molar-refractivity contribution in [2.75, 3.05) is 20.8 Å². The third-order valence-corrected chi connectivity index (χ3v) is 4.93. The van der Waals surface area contributed by atoms with Gasteiger partial charge >= 0.3 is 0 Å². The minimum atomic E-state index is 0.490. The number of thiazole rings is 1. The van der Waals surface area contributed by atoms with E-state index < -0.39 is 0 Å². The Morgan fingerprint density at radius 3 is 2.61 bits per heavy atom. The first kappa shape index (κ1) is 19.5. The first-order chi connectivity index (χ1) is 13.7. The molecule has 6 heteroatoms. The number of allylic oxidation sites excluding steroid dienone is 1. The van der Waals surface area contributed by atoms with Crippen molar-refractivity contribution in [2.24, 2.45) is 0 Å². The minimum Gasteiger partial charge on any atom is -0.493 e. The fraction of sp³-hybridized carbons (Fsp3) is 0.182. The van der Waals surface area contributed by atoms with E-state index in [1.807, 2.05) is 60.8 Å². The summed E-state index contributed by atoms with van der Waals surface area (Å²) in [5, 5.41) is 12.2. The Balaban J connectivity index is 1.95. The summed E-state index contributed by atoms with van der Waals surface area (Å²) in [4.78, 5) is 4.64. The van der Waals surface area contributed by atoms with Crippen LogP contribution in [-0.4, -0.2) is 25.8 Å². The number of nitriles is 1. The molecule has 2 aromatic carbocycles. The van der Waals surface area contributed by atoms with Crippen LogP contribution in [0.2, 0.25) is 0 Å². The molecule has 0 aliphatic carbocycles. The fourth-order valence-electron chi connectivity index (χ4n) is 2.71. The molecule has 1 heterocycles. The normalized spacial score (nSPS) is 11.0. The molecule has 0 N–H and O–H groups in total. The lowest BCUT2D eigenvalue weighted by molar-refractivity contribution is 0.339. The van der Waals surface area contributed by atoms with Crippen molar-refractivity contribution in [3.63, 3.8) is 0 Å². The van der Waals surface area contributed by atoms with Crippen LogP contribution < -0.4 is 14.2 Å². The van der Waals surface area contributed by atoms with E-state index >= 15 is 0 Å². The summed E-state index contributed by atoms with van der Waals surface area (Å²) in [6, 6.07) is 15.5. The van der Waals surface area contributed by atoms with Crippen LogP contribution in [0, 0.1) is 11.3 Å². The molecule has 3 aromatic rings. The maximum Gasteiger partial charge on any atom is 0.161 e. The average molecular weight is 392 g/mol. The molecule has 0 spiro atoms. The number of benzene rings is 2. The Labute approximate surface area is 168 Å². The third-order valence-electron chi connectivity index (χ3n) is 4.05. The second kappa shape index (κ2) is 9.07. The molecule has 0 aliphatic heterocycles. The number of para-hydroxylation sites is 1. The number of nitrogens with zero attached hydrogens (tertiary/aromatic N) is 2. The topological polar surface area (TPSA) is 64.4 Å². The molecular weight excluding hydrogens is 372 g/mol. The van der Waals surface area contributed by atoms with Gasteiger partial charge in [0.2, 0.25) is 0 Å². The van der Waals surface area contributed by atoms with Crippen LogP contribution in [0.1, 0.15) is 17.5 Å². The van der Waals surface area contributed by atoms with E-state index in [0.29, 0.717) is 28.7 Å². The van der Waals surface area contributed by atoms with Gasteiger partial charge in [-0.15, -0.1) is 11.3 Å². The van der Waals surface area contributed by atoms with Gasteiger partial charge in [-0.05, 0) is 37.3 Å². The monoisotopic (exact) mass is 392 g/mol. The molecule has 0 amide bonds. The highest BCUT2D eigenvalue weighted by Crippen LogP contribution is 2.34. The van der Waals surface area contributed by atoms with Gasteiger partial charge < -0.3 is 14.2 Å². The Morgan fingerprint density at radius 1 is 1.11 bits per heavy atom. The maximum absolute atomic E-state index is 9.66. The fourth-order valence-corrected chi connectivity index (χ4v) is 3.50. The molecule has 0 saturated carbocycles. The molecule has 3 rings (SSSR count). The van der Waals surface area contributed by atoms with E-state index in [0.717, 1.165) is 22.6 Å². The Hall–Kier alpha value is -3.30. The standard InChI is InChI=1S/C22H20N2O3S/c1-4-27-19-8-6-5-7-16(19)11-17(13-23)22-24-18(14-28-22)15-9-10-20(25-2)21(12-15)26-3/h5-12,14H,4H2,1-3H3/b17-11+. The highest BCUT2D eigenvalue weighted by atomic mass is 32.1. The Morgan fingerprint density at radius 2 is 1.89 bits per heavy atom. The van der Waals surface area contributed by atoms with E-state index in [1.54, 1.807) is 14.2 Å². The predicted molar refractivity (Wildman–Crippen MR) is 112 cm³/mol. The van der Waals surface area contributed by atoms with Gasteiger partial charge in [-0.3, -0.25) is 0 Å². The summed E-state index contributed by atoms with van der Waals surface area (Å²) in [7, 11) is 3.20. The van der Waals surface area contributed by atoms with Crippen LogP contribution in [0.3, 0.4) is 0 Å². The molecule has 0 saturated heterocycles. The second-order valence-corrected chi connectivity index (χ2v) is 6.61. The number of methoxy groups -OCH3 is 2. The van der Waals surface area contributed by atoms with E-state index in [4.69, 9.17) is 14.2 Å². The van der Waals surface area contributed by atoms with Crippen molar-refractivity contribution >= 4 is 23.0 Å². The van der Waals surface area contributed by atoms with E-state index in [1.165, 1.54) is 11.3 Å². The van der Waals surface area contributed by atoms with Crippen LogP contribution in [0.15, 0.2) is 47.8 Å². The van der Waals surface area contributed by atoms with Crippen molar-refractivity contribution in [3.05, 3.63) is 58.4 Å². The van der Waals surface area contributed by atoms with Gasteiger partial charge in [0.1, 0.15) is 16.8 Å². The minimum absolute atomic E-state index is 0.490. The molecule has 142 valence electrons. The lowest BCUT2D eigenvalue weighted by atomic mass is 10.1. The first-order valence-corrected chi connectivity index (χ1v) is 9.60. The van der Waals surface area contributed by atoms with Gasteiger partial charge in [-0.2, -0.15) is 5.26 Å². The van der Waals surface area contributed by atoms with Gasteiger partial charge in [-0.1, -0.05) is 18.2 Å². The average Bonchev–Trinajstić information content (AvgIpc) is 3.22. The van der Waals surface area contributed by atoms with Crippen LogP contribution in [0.5, 0.6) is 17.2 Å². The molecule has 5 nitrogen and oxygen atoms in total. The summed E-state index contributed by atoms with van der Waals surface area (Å²) in [6.07, 6.45) is 1.81. The summed E-state index contributed by atoms with van der Waals surface area (Å²) in [5.41, 5.74) is 3.01. The van der Waals surface area contributed by atoms with Gasteiger partial charge in [0.25, 0.3) is 0 Å². The van der Waals surface area contributed by atoms with Gasteiger partial charge in [0, 0.05) is 16.5 Å². The van der Waals surface area contributed by atoms with Crippen molar-refractivity contribution in [2.45, 2.75) is 6.92 Å². The molecule has 0 unspecified atom stereocenters. The number of aromatic nitrogens is 1. The summed E-state index contributed by atoms with van der Waals surface area (Å²) < 4.78 is 16.3. The smallest absolute Gasteiger partial charge is 0.161 e. The molecule has 28 heavy (non-hydrogen) atoms. The van der Waals surface area contributed by atoms with Crippen LogP contribution in [-0.2, 0) is 0 Å². The number of ether oxygens (including phenoxy) is 3. The highest BCUT2D eigenvalue weighted by molar-refractivity contribution is 7.11. The summed E-state index contributed by atoms with van der Waals surface area (Å²) in [5.74, 6) is 2.04. The zero-order valence-corrected chi connectivity index (χ0v) is 16.7. The molecule has 0 aliphatic rings. The van der Waals surface area contributed by atoms with Crippen molar-refractivity contribution in [1.29, 1.82) is 5.26 Å². The van der Waals surface area contributed by atoms with E-state index in [9.17, 15) is 5.26 Å². The SMILES string of the molecule is CCOc1ccccc1/C=C(\C#N)c1nc(-c2ccc(OC)c(OC)c2)cs1.